The van der Waals surface area contributed by atoms with E-state index in [1.165, 1.54) is 11.6 Å². The molecule has 0 radical (unpaired) electrons. The highest BCUT2D eigenvalue weighted by Crippen LogP contribution is 2.68. The van der Waals surface area contributed by atoms with Gasteiger partial charge in [0.1, 0.15) is 40.8 Å². The molecule has 250 valence electrons. The minimum absolute atomic E-state index is 0.0403. The van der Waals surface area contributed by atoms with Crippen molar-refractivity contribution in [2.45, 2.75) is 103 Å². The lowest BCUT2D eigenvalue weighted by Gasteiger charge is -2.56. The van der Waals surface area contributed by atoms with Crippen LogP contribution in [0, 0.1) is 11.8 Å². The quantitative estimate of drug-likeness (QED) is 0.172. The number of aliphatic hydroxyl groups is 1. The molecule has 6 aliphatic rings. The van der Waals surface area contributed by atoms with E-state index in [2.05, 4.69) is 19.9 Å². The molecule has 1 saturated carbocycles. The van der Waals surface area contributed by atoms with Crippen molar-refractivity contribution in [2.24, 2.45) is 11.8 Å². The first-order chi connectivity index (χ1) is 22.1. The van der Waals surface area contributed by atoms with Crippen LogP contribution in [-0.4, -0.2) is 57.3 Å². The first-order valence-corrected chi connectivity index (χ1v) is 16.3. The van der Waals surface area contributed by atoms with Crippen molar-refractivity contribution >= 4 is 24.1 Å². The lowest BCUT2D eigenvalue weighted by atomic mass is 9.51. The summed E-state index contributed by atoms with van der Waals surface area (Å²) in [5, 5.41) is 21.6. The minimum Gasteiger partial charge on any atom is -0.506 e. The molecule has 1 saturated heterocycles. The van der Waals surface area contributed by atoms with Gasteiger partial charge in [0.15, 0.2) is 22.8 Å². The van der Waals surface area contributed by atoms with Gasteiger partial charge in [-0.1, -0.05) is 29.4 Å². The summed E-state index contributed by atoms with van der Waals surface area (Å²) in [7, 11) is 0. The maximum atomic E-state index is 14.8. The summed E-state index contributed by atoms with van der Waals surface area (Å²) in [6.45, 7) is 13.5. The molecule has 7 rings (SSSR count). The molecule has 5 atom stereocenters. The van der Waals surface area contributed by atoms with Gasteiger partial charge in [-0.25, -0.2) is 0 Å². The summed E-state index contributed by atoms with van der Waals surface area (Å²) in [4.78, 5) is 40.2. The molecule has 9 nitrogen and oxygen atoms in total. The van der Waals surface area contributed by atoms with E-state index in [1.807, 2.05) is 52.8 Å². The Morgan fingerprint density at radius 3 is 2.43 bits per heavy atom. The highest BCUT2D eigenvalue weighted by molar-refractivity contribution is 6.19. The third-order valence-electron chi connectivity index (χ3n) is 10.4. The fourth-order valence-corrected chi connectivity index (χ4v) is 8.26. The van der Waals surface area contributed by atoms with Crippen molar-refractivity contribution in [3.63, 3.8) is 0 Å². The van der Waals surface area contributed by atoms with E-state index in [1.54, 1.807) is 6.08 Å². The van der Waals surface area contributed by atoms with Gasteiger partial charge in [0, 0.05) is 29.4 Å². The monoisotopic (exact) mass is 644 g/mol. The molecule has 3 aliphatic carbocycles. The second kappa shape index (κ2) is 11.3. The Morgan fingerprint density at radius 2 is 1.77 bits per heavy atom. The van der Waals surface area contributed by atoms with E-state index in [-0.39, 0.29) is 47.1 Å². The van der Waals surface area contributed by atoms with Crippen LogP contribution in [0.15, 0.2) is 52.9 Å². The normalized spacial score (nSPS) is 30.7. The van der Waals surface area contributed by atoms with E-state index in [9.17, 15) is 24.6 Å². The summed E-state index contributed by atoms with van der Waals surface area (Å²) in [5.41, 5.74) is -1.16. The SMILES string of the molecule is CC(C)=CCC[C@]1(C)C=Cc2c(O)c3c(c(CC=C(C)C)c2O1)O[C@]12C(=CC4CC1C(C)(C)O[C@]2(C/C=C(/CO)OC=O)C4=O)C3=O. The topological polar surface area (TPSA) is 129 Å². The summed E-state index contributed by atoms with van der Waals surface area (Å²) in [5.74, 6) is -1.31. The first-order valence-electron chi connectivity index (χ1n) is 16.3. The number of benzene rings is 1. The average molecular weight is 645 g/mol. The maximum absolute atomic E-state index is 14.8. The highest BCUT2D eigenvalue weighted by atomic mass is 16.6. The minimum atomic E-state index is -1.66. The van der Waals surface area contributed by atoms with Crippen LogP contribution in [0.1, 0.15) is 95.6 Å². The van der Waals surface area contributed by atoms with Crippen LogP contribution in [0.25, 0.3) is 6.08 Å². The smallest absolute Gasteiger partial charge is 0.298 e. The van der Waals surface area contributed by atoms with Crippen molar-refractivity contribution < 1.29 is 43.5 Å². The zero-order chi connectivity index (χ0) is 34.1. The van der Waals surface area contributed by atoms with Gasteiger partial charge in [-0.15, -0.1) is 0 Å². The lowest BCUT2D eigenvalue weighted by Crippen LogP contribution is -2.72. The molecule has 1 spiro atoms. The molecule has 2 N–H and O–H groups in total. The summed E-state index contributed by atoms with van der Waals surface area (Å²) in [6.07, 6.45) is 13.2. The van der Waals surface area contributed by atoms with E-state index < -0.39 is 46.6 Å². The molecular formula is C38H44O9. The number of ether oxygens (including phenoxy) is 4. The number of allylic oxidation sites excluding steroid dienone is 5. The molecule has 2 fully saturated rings. The van der Waals surface area contributed by atoms with Crippen LogP contribution in [-0.2, 0) is 25.5 Å². The predicted molar refractivity (Wildman–Crippen MR) is 175 cm³/mol. The number of phenolic OH excluding ortho intramolecular Hbond substituents is 1. The van der Waals surface area contributed by atoms with Crippen LogP contribution in [0.2, 0.25) is 0 Å². The lowest BCUT2D eigenvalue weighted by molar-refractivity contribution is -0.171. The zero-order valence-electron chi connectivity index (χ0n) is 28.2. The molecule has 3 aliphatic heterocycles. The summed E-state index contributed by atoms with van der Waals surface area (Å²) < 4.78 is 25.6. The number of aliphatic hydroxyl groups excluding tert-OH is 1. The van der Waals surface area contributed by atoms with Gasteiger partial charge < -0.3 is 29.2 Å². The molecule has 1 aromatic rings. The second-order valence-electron chi connectivity index (χ2n) is 14.6. The molecule has 47 heavy (non-hydrogen) atoms. The standard InChI is InChI=1S/C38H44O9/c1-21(2)9-8-14-36(7)15-13-25-30(41)29-31(42)27-17-23-18-28-35(5,6)47-37(34(23)43,16-12-24(19-39)44-20-40)38(27,28)46-33(29)26(32(25)45-36)11-10-22(3)4/h9-10,12-13,15,17,20,23,28,39,41H,8,11,14,16,18-19H2,1-7H3/b24-12-/t23?,28?,36-,37-,38-/m1/s1. The Morgan fingerprint density at radius 1 is 1.04 bits per heavy atom. The highest BCUT2D eigenvalue weighted by Gasteiger charge is 2.81. The van der Waals surface area contributed by atoms with Gasteiger partial charge in [0.2, 0.25) is 0 Å². The van der Waals surface area contributed by atoms with Crippen molar-refractivity contribution in [3.8, 4) is 17.2 Å². The third kappa shape index (κ3) is 4.84. The number of phenols is 1. The van der Waals surface area contributed by atoms with E-state index in [4.69, 9.17) is 18.9 Å². The van der Waals surface area contributed by atoms with Crippen molar-refractivity contribution in [1.82, 2.24) is 0 Å². The van der Waals surface area contributed by atoms with Crippen LogP contribution in [0.3, 0.4) is 0 Å². The summed E-state index contributed by atoms with van der Waals surface area (Å²) >= 11 is 0. The molecule has 4 bridgehead atoms. The maximum Gasteiger partial charge on any atom is 0.298 e. The van der Waals surface area contributed by atoms with Crippen LogP contribution < -0.4 is 9.47 Å². The Bertz CT molecular complexity index is 1710. The Labute approximate surface area is 275 Å². The zero-order valence-corrected chi connectivity index (χ0v) is 28.2. The average Bonchev–Trinajstić information content (AvgIpc) is 3.15. The van der Waals surface area contributed by atoms with Crippen LogP contribution in [0.4, 0.5) is 0 Å². The van der Waals surface area contributed by atoms with Gasteiger partial charge >= 0.3 is 0 Å². The molecule has 3 heterocycles. The van der Waals surface area contributed by atoms with Gasteiger partial charge in [-0.3, -0.25) is 14.4 Å². The number of hydrogen-bond acceptors (Lipinski definition) is 9. The molecule has 9 heteroatoms. The number of carbonyl (C=O) groups is 3. The molecule has 1 aromatic carbocycles. The molecule has 0 aromatic heterocycles. The number of hydrogen-bond donors (Lipinski definition) is 2. The number of aromatic hydroxyl groups is 1. The van der Waals surface area contributed by atoms with Crippen LogP contribution in [0.5, 0.6) is 17.2 Å². The largest absolute Gasteiger partial charge is 0.506 e. The van der Waals surface area contributed by atoms with Crippen molar-refractivity contribution in [2.75, 3.05) is 6.61 Å². The Kier molecular flexibility index (Phi) is 7.95. The Hall–Kier alpha value is -3.95. The van der Waals surface area contributed by atoms with Crippen molar-refractivity contribution in [1.29, 1.82) is 0 Å². The predicted octanol–water partition coefficient (Wildman–Crippen LogP) is 6.26. The van der Waals surface area contributed by atoms with E-state index in [0.29, 0.717) is 36.1 Å². The fraction of sp³-hybridized carbons (Fsp3) is 0.500. The van der Waals surface area contributed by atoms with Gasteiger partial charge in [-0.2, -0.15) is 0 Å². The molecular weight excluding hydrogens is 600 g/mol. The second-order valence-corrected chi connectivity index (χ2v) is 14.6. The first kappa shape index (κ1) is 33.0. The number of Topliss-reactive ketones (excluding diaryl/α,β-unsaturated/α-hetero) is 2. The van der Waals surface area contributed by atoms with Crippen LogP contribution >= 0.6 is 0 Å². The van der Waals surface area contributed by atoms with Gasteiger partial charge in [-0.05, 0) is 92.4 Å². The fourth-order valence-electron chi connectivity index (χ4n) is 8.26. The summed E-state index contributed by atoms with van der Waals surface area (Å²) in [6, 6.07) is 0. The van der Waals surface area contributed by atoms with Crippen molar-refractivity contribution in [3.05, 3.63) is 69.5 Å². The van der Waals surface area contributed by atoms with Gasteiger partial charge in [0.25, 0.3) is 6.47 Å². The van der Waals surface area contributed by atoms with E-state index in [0.717, 1.165) is 12.0 Å². The van der Waals surface area contributed by atoms with E-state index >= 15 is 0 Å². The molecule has 0 amide bonds. The molecule has 2 unspecified atom stereocenters. The number of rotatable bonds is 10. The Balaban J connectivity index is 1.58. The number of ketones is 2. The number of fused-ring (bicyclic) bond motifs is 2. The number of carbonyl (C=O) groups excluding carboxylic acids is 3. The van der Waals surface area contributed by atoms with Gasteiger partial charge in [0.05, 0.1) is 11.2 Å². The third-order valence-corrected chi connectivity index (χ3v) is 10.4.